The number of sulfone groups is 1. The van der Waals surface area contributed by atoms with Gasteiger partial charge < -0.3 is 9.97 Å². The molecule has 2 aliphatic rings. The van der Waals surface area contributed by atoms with Gasteiger partial charge in [0, 0.05) is 46.0 Å². The SMILES string of the molecule is CC1(C)Cc2cc3ccc([nH]3)c(S(C)(=O)=O)c3nc(cc4ccc(cc1n2)[nH]4)C=C3. The Bertz CT molecular complexity index is 1470. The number of nitrogens with one attached hydrogen (secondary N) is 2. The highest BCUT2D eigenvalue weighted by Crippen LogP contribution is 2.31. The van der Waals surface area contributed by atoms with Crippen molar-refractivity contribution in [2.75, 3.05) is 6.26 Å². The van der Waals surface area contributed by atoms with Crippen molar-refractivity contribution in [3.8, 4) is 0 Å². The number of fused-ring (bicyclic) bond motifs is 8. The maximum atomic E-state index is 12.6. The van der Waals surface area contributed by atoms with Gasteiger partial charge in [0.05, 0.1) is 16.9 Å². The zero-order valence-electron chi connectivity index (χ0n) is 17.0. The van der Waals surface area contributed by atoms with Gasteiger partial charge in [0.1, 0.15) is 4.90 Å². The summed E-state index contributed by atoms with van der Waals surface area (Å²) in [6.07, 6.45) is 5.58. The summed E-state index contributed by atoms with van der Waals surface area (Å²) in [5.41, 5.74) is 6.21. The molecule has 5 heterocycles. The van der Waals surface area contributed by atoms with E-state index in [-0.39, 0.29) is 10.3 Å². The molecule has 0 fully saturated rings. The summed E-state index contributed by atoms with van der Waals surface area (Å²) in [6, 6.07) is 13.6. The van der Waals surface area contributed by atoms with Gasteiger partial charge >= 0.3 is 0 Å². The molecule has 0 saturated heterocycles. The predicted molar refractivity (Wildman–Crippen MR) is 120 cm³/mol. The van der Waals surface area contributed by atoms with Crippen molar-refractivity contribution in [3.05, 3.63) is 65.2 Å². The molecule has 0 atom stereocenters. The highest BCUT2D eigenvalue weighted by atomic mass is 32.2. The fraction of sp³-hybridized carbons (Fsp3) is 0.217. The first-order chi connectivity index (χ1) is 14.2. The number of aromatic amines is 2. The Hall–Kier alpha value is -3.19. The topological polar surface area (TPSA) is 91.5 Å². The average molecular weight is 419 g/mol. The van der Waals surface area contributed by atoms with E-state index in [0.29, 0.717) is 16.9 Å². The molecule has 3 aromatic rings. The third kappa shape index (κ3) is 3.35. The highest BCUT2D eigenvalue weighted by molar-refractivity contribution is 7.91. The van der Waals surface area contributed by atoms with Crippen LogP contribution >= 0.6 is 0 Å². The average Bonchev–Trinajstić information content (AvgIpc) is 3.39. The van der Waals surface area contributed by atoms with Gasteiger partial charge in [-0.15, -0.1) is 0 Å². The zero-order valence-corrected chi connectivity index (χ0v) is 17.8. The molecule has 2 aliphatic heterocycles. The summed E-state index contributed by atoms with van der Waals surface area (Å²) < 4.78 is 25.2. The van der Waals surface area contributed by atoms with Crippen molar-refractivity contribution in [1.29, 1.82) is 0 Å². The quantitative estimate of drug-likeness (QED) is 0.479. The van der Waals surface area contributed by atoms with Gasteiger partial charge in [0.25, 0.3) is 0 Å². The number of rotatable bonds is 1. The molecule has 0 aliphatic carbocycles. The molecule has 0 radical (unpaired) electrons. The Morgan fingerprint density at radius 1 is 0.900 bits per heavy atom. The van der Waals surface area contributed by atoms with Crippen LogP contribution in [0.4, 0.5) is 0 Å². The van der Waals surface area contributed by atoms with Crippen LogP contribution in [0.2, 0.25) is 0 Å². The summed E-state index contributed by atoms with van der Waals surface area (Å²) in [5.74, 6) is 0. The van der Waals surface area contributed by atoms with Crippen LogP contribution in [0.15, 0.2) is 47.4 Å². The molecular formula is C23H22N4O2S. The van der Waals surface area contributed by atoms with Crippen LogP contribution in [-0.4, -0.2) is 34.6 Å². The summed E-state index contributed by atoms with van der Waals surface area (Å²) in [6.45, 7) is 4.36. The van der Waals surface area contributed by atoms with Crippen molar-refractivity contribution in [2.45, 2.75) is 30.6 Å². The minimum absolute atomic E-state index is 0.0873. The number of aromatic nitrogens is 4. The van der Waals surface area contributed by atoms with Crippen LogP contribution in [0.3, 0.4) is 0 Å². The molecule has 7 heteroatoms. The minimum atomic E-state index is -3.50. The first kappa shape index (κ1) is 18.8. The molecule has 30 heavy (non-hydrogen) atoms. The Morgan fingerprint density at radius 2 is 1.60 bits per heavy atom. The van der Waals surface area contributed by atoms with Crippen molar-refractivity contribution in [1.82, 2.24) is 19.9 Å². The summed E-state index contributed by atoms with van der Waals surface area (Å²) in [4.78, 5) is 16.2. The molecule has 0 unspecified atom stereocenters. The van der Waals surface area contributed by atoms with E-state index >= 15 is 0 Å². The summed E-state index contributed by atoms with van der Waals surface area (Å²) in [5, 5.41) is 0. The van der Waals surface area contributed by atoms with E-state index in [4.69, 9.17) is 4.98 Å². The first-order valence-corrected chi connectivity index (χ1v) is 11.7. The van der Waals surface area contributed by atoms with Crippen LogP contribution in [0.25, 0.3) is 34.2 Å². The third-order valence-electron chi connectivity index (χ3n) is 5.45. The molecule has 0 saturated carbocycles. The molecule has 0 spiro atoms. The summed E-state index contributed by atoms with van der Waals surface area (Å²) >= 11 is 0. The zero-order chi connectivity index (χ0) is 21.1. The van der Waals surface area contributed by atoms with Gasteiger partial charge in [-0.05, 0) is 54.6 Å². The maximum Gasteiger partial charge on any atom is 0.179 e. The molecule has 152 valence electrons. The van der Waals surface area contributed by atoms with E-state index < -0.39 is 9.84 Å². The number of nitrogens with zero attached hydrogens (tertiary/aromatic N) is 2. The highest BCUT2D eigenvalue weighted by Gasteiger charge is 2.28. The first-order valence-electron chi connectivity index (χ1n) is 9.76. The second-order valence-electron chi connectivity index (χ2n) is 8.53. The van der Waals surface area contributed by atoms with E-state index in [0.717, 1.165) is 34.4 Å². The lowest BCUT2D eigenvalue weighted by molar-refractivity contribution is 0.543. The van der Waals surface area contributed by atoms with Crippen LogP contribution < -0.4 is 0 Å². The van der Waals surface area contributed by atoms with Crippen molar-refractivity contribution in [2.24, 2.45) is 0 Å². The van der Waals surface area contributed by atoms with Gasteiger partial charge in [-0.2, -0.15) is 0 Å². The largest absolute Gasteiger partial charge is 0.355 e. The number of H-pyrrole nitrogens is 2. The van der Waals surface area contributed by atoms with E-state index in [1.807, 2.05) is 36.4 Å². The monoisotopic (exact) mass is 418 g/mol. The molecule has 0 aromatic carbocycles. The number of hydrogen-bond donors (Lipinski definition) is 2. The Morgan fingerprint density at radius 3 is 2.37 bits per heavy atom. The van der Waals surface area contributed by atoms with Gasteiger partial charge in [-0.25, -0.2) is 13.4 Å². The fourth-order valence-electron chi connectivity index (χ4n) is 4.02. The van der Waals surface area contributed by atoms with E-state index in [1.54, 1.807) is 12.1 Å². The van der Waals surface area contributed by atoms with Gasteiger partial charge in [-0.1, -0.05) is 13.8 Å². The van der Waals surface area contributed by atoms with Crippen molar-refractivity contribution < 1.29 is 8.42 Å². The standard InChI is InChI=1S/C23H22N4O2S/c1-23(2)13-18-11-16-7-9-20(26-16)22(30(3,28)29)19-8-6-15(25-19)10-14-4-5-17(24-14)12-21(23)27-18/h4-12,24,26H,13H2,1-3H3. The number of hydrogen-bond acceptors (Lipinski definition) is 4. The lowest BCUT2D eigenvalue weighted by Crippen LogP contribution is -2.14. The van der Waals surface area contributed by atoms with Crippen LogP contribution in [0.1, 0.15) is 36.6 Å². The van der Waals surface area contributed by atoms with Gasteiger partial charge in [-0.3, -0.25) is 4.98 Å². The van der Waals surface area contributed by atoms with Gasteiger partial charge in [0.2, 0.25) is 0 Å². The third-order valence-corrected chi connectivity index (χ3v) is 6.62. The molecule has 2 N–H and O–H groups in total. The molecule has 6 nitrogen and oxygen atoms in total. The van der Waals surface area contributed by atoms with Crippen LogP contribution in [0, 0.1) is 0 Å². The molecule has 3 aromatic heterocycles. The van der Waals surface area contributed by atoms with Crippen molar-refractivity contribution >= 4 is 44.1 Å². The van der Waals surface area contributed by atoms with E-state index in [1.165, 1.54) is 6.26 Å². The molecule has 0 amide bonds. The lowest BCUT2D eigenvalue weighted by Gasteiger charge is -2.15. The fourth-order valence-corrected chi connectivity index (χ4v) is 5.04. The normalized spacial score (nSPS) is 15.4. The Kier molecular flexibility index (Phi) is 4.02. The molecule has 5 rings (SSSR count). The maximum absolute atomic E-state index is 12.6. The molecule has 8 bridgehead atoms. The Labute approximate surface area is 174 Å². The van der Waals surface area contributed by atoms with E-state index in [2.05, 4.69) is 34.9 Å². The van der Waals surface area contributed by atoms with E-state index in [9.17, 15) is 8.42 Å². The minimum Gasteiger partial charge on any atom is -0.355 e. The lowest BCUT2D eigenvalue weighted by atomic mass is 9.87. The van der Waals surface area contributed by atoms with Crippen molar-refractivity contribution in [3.63, 3.8) is 0 Å². The molecular weight excluding hydrogens is 396 g/mol. The van der Waals surface area contributed by atoms with Crippen LogP contribution in [-0.2, 0) is 21.7 Å². The Balaban J connectivity index is 1.92. The second-order valence-corrected chi connectivity index (χ2v) is 10.5. The summed E-state index contributed by atoms with van der Waals surface area (Å²) in [7, 11) is -3.50. The second kappa shape index (κ2) is 6.40. The van der Waals surface area contributed by atoms with Gasteiger partial charge in [0.15, 0.2) is 9.84 Å². The van der Waals surface area contributed by atoms with Crippen LogP contribution in [0.5, 0.6) is 0 Å². The predicted octanol–water partition coefficient (Wildman–Crippen LogP) is 4.41. The smallest absolute Gasteiger partial charge is 0.179 e.